The molecule has 2 heterocycles. The molecule has 0 amide bonds. The Bertz CT molecular complexity index is 760. The summed E-state index contributed by atoms with van der Waals surface area (Å²) in [4.78, 5) is 15.2. The smallest absolute Gasteiger partial charge is 0.323 e. The summed E-state index contributed by atoms with van der Waals surface area (Å²) in [6.07, 6.45) is 2.70. The van der Waals surface area contributed by atoms with Gasteiger partial charge in [-0.2, -0.15) is 0 Å². The maximum Gasteiger partial charge on any atom is 0.323 e. The molecular weight excluding hydrogens is 451 g/mol. The lowest BCUT2D eigenvalue weighted by atomic mass is 9.79. The second-order valence-electron chi connectivity index (χ2n) is 9.54. The van der Waals surface area contributed by atoms with Crippen LogP contribution >= 0.6 is 24.8 Å². The molecule has 0 spiro atoms. The lowest BCUT2D eigenvalue weighted by Crippen LogP contribution is -2.51. The molecule has 1 saturated heterocycles. The zero-order chi connectivity index (χ0) is 22.0. The van der Waals surface area contributed by atoms with E-state index in [9.17, 15) is 4.79 Å². The molecule has 2 N–H and O–H groups in total. The summed E-state index contributed by atoms with van der Waals surface area (Å²) in [5.74, 6) is 2.18. The van der Waals surface area contributed by atoms with Crippen LogP contribution in [0.4, 0.5) is 0 Å². The number of nitrogens with two attached hydrogens (primary N) is 1. The first-order valence-corrected chi connectivity index (χ1v) is 11.2. The Morgan fingerprint density at radius 3 is 2.31 bits per heavy atom. The number of esters is 1. The first kappa shape index (κ1) is 28.8. The van der Waals surface area contributed by atoms with Crippen LogP contribution in [0.5, 0.6) is 11.5 Å². The minimum absolute atomic E-state index is 0. The van der Waals surface area contributed by atoms with Gasteiger partial charge >= 0.3 is 5.97 Å². The molecule has 6 nitrogen and oxygen atoms in total. The second kappa shape index (κ2) is 12.3. The van der Waals surface area contributed by atoms with E-state index in [0.717, 1.165) is 43.9 Å². The van der Waals surface area contributed by atoms with Crippen molar-refractivity contribution in [2.45, 2.75) is 65.1 Å². The van der Waals surface area contributed by atoms with E-state index in [1.54, 1.807) is 14.2 Å². The van der Waals surface area contributed by atoms with Crippen LogP contribution in [-0.2, 0) is 16.0 Å². The van der Waals surface area contributed by atoms with E-state index in [0.29, 0.717) is 11.8 Å². The van der Waals surface area contributed by atoms with Gasteiger partial charge in [-0.3, -0.25) is 9.69 Å². The molecule has 1 fully saturated rings. The molecule has 0 aromatic heterocycles. The van der Waals surface area contributed by atoms with E-state index in [4.69, 9.17) is 19.9 Å². The zero-order valence-corrected chi connectivity index (χ0v) is 21.8. The number of carbonyl (C=O) groups is 1. The Kier molecular flexibility index (Phi) is 11.1. The average molecular weight is 492 g/mol. The van der Waals surface area contributed by atoms with Crippen LogP contribution in [0.3, 0.4) is 0 Å². The zero-order valence-electron chi connectivity index (χ0n) is 20.1. The first-order chi connectivity index (χ1) is 14.2. The number of hydrogen-bond acceptors (Lipinski definition) is 6. The number of benzene rings is 1. The molecule has 1 aromatic rings. The highest BCUT2D eigenvalue weighted by atomic mass is 35.5. The molecule has 3 rings (SSSR count). The van der Waals surface area contributed by atoms with Crippen LogP contribution in [0, 0.1) is 17.8 Å². The number of fused-ring (bicyclic) bond motifs is 3. The topological polar surface area (TPSA) is 74.0 Å². The minimum Gasteiger partial charge on any atom is -0.493 e. The van der Waals surface area contributed by atoms with Gasteiger partial charge < -0.3 is 19.9 Å². The number of methoxy groups -OCH3 is 2. The van der Waals surface area contributed by atoms with Gasteiger partial charge in [-0.1, -0.05) is 27.7 Å². The second-order valence-corrected chi connectivity index (χ2v) is 9.54. The van der Waals surface area contributed by atoms with Crippen LogP contribution < -0.4 is 15.2 Å². The van der Waals surface area contributed by atoms with E-state index >= 15 is 0 Å². The SMILES string of the molecule is COc1cc2c(cc1OC)C1C[C@@H](OC(=O)C(N)C(C)C)[C@H](CC(C)C)CN1CC2.Cl.Cl. The van der Waals surface area contributed by atoms with Crippen molar-refractivity contribution in [3.8, 4) is 11.5 Å². The molecule has 4 atom stereocenters. The fourth-order valence-corrected chi connectivity index (χ4v) is 4.88. The van der Waals surface area contributed by atoms with E-state index in [2.05, 4.69) is 30.9 Å². The summed E-state index contributed by atoms with van der Waals surface area (Å²) in [7, 11) is 3.34. The fraction of sp³-hybridized carbons (Fsp3) is 0.708. The summed E-state index contributed by atoms with van der Waals surface area (Å²) in [6, 6.07) is 3.84. The highest BCUT2D eigenvalue weighted by Crippen LogP contribution is 2.44. The minimum atomic E-state index is -0.578. The van der Waals surface area contributed by atoms with Gasteiger partial charge in [-0.05, 0) is 47.9 Å². The molecule has 0 radical (unpaired) electrons. The highest BCUT2D eigenvalue weighted by Gasteiger charge is 2.41. The van der Waals surface area contributed by atoms with Crippen LogP contribution in [0.15, 0.2) is 12.1 Å². The van der Waals surface area contributed by atoms with Crippen LogP contribution in [-0.4, -0.2) is 50.3 Å². The maximum atomic E-state index is 12.7. The van der Waals surface area contributed by atoms with Crippen LogP contribution in [0.2, 0.25) is 0 Å². The van der Waals surface area contributed by atoms with E-state index < -0.39 is 6.04 Å². The number of halogens is 2. The van der Waals surface area contributed by atoms with Gasteiger partial charge in [0.25, 0.3) is 0 Å². The molecule has 2 unspecified atom stereocenters. The molecule has 184 valence electrons. The van der Waals surface area contributed by atoms with E-state index in [1.807, 2.05) is 13.8 Å². The van der Waals surface area contributed by atoms with Gasteiger partial charge in [-0.15, -0.1) is 24.8 Å². The third-order valence-electron chi connectivity index (χ3n) is 6.60. The number of carbonyl (C=O) groups excluding carboxylic acids is 1. The van der Waals surface area contributed by atoms with Crippen molar-refractivity contribution in [1.29, 1.82) is 0 Å². The third kappa shape index (κ3) is 6.22. The molecule has 2 aliphatic heterocycles. The standard InChI is InChI=1S/C24H38N2O4.2ClH/c1-14(2)9-17-13-26-8-7-16-10-21(28-5)22(29-6)11-18(16)19(26)12-20(17)30-24(27)23(25)15(3)4;;/h10-11,14-15,17,19-20,23H,7-9,12-13,25H2,1-6H3;2*1H/t17-,19?,20-,23?;;/m1../s1. The number of rotatable bonds is 7. The quantitative estimate of drug-likeness (QED) is 0.570. The van der Waals surface area contributed by atoms with Gasteiger partial charge in [-0.25, -0.2) is 0 Å². The Hall–Kier alpha value is -1.21. The maximum absolute atomic E-state index is 12.7. The largest absolute Gasteiger partial charge is 0.493 e. The summed E-state index contributed by atoms with van der Waals surface area (Å²) < 4.78 is 17.1. The van der Waals surface area contributed by atoms with Gasteiger partial charge in [0.1, 0.15) is 12.1 Å². The Balaban J connectivity index is 0.00000256. The van der Waals surface area contributed by atoms with Crippen molar-refractivity contribution in [2.75, 3.05) is 27.3 Å². The average Bonchev–Trinajstić information content (AvgIpc) is 2.71. The fourth-order valence-electron chi connectivity index (χ4n) is 4.88. The van der Waals surface area contributed by atoms with Crippen LogP contribution in [0.1, 0.15) is 57.7 Å². The van der Waals surface area contributed by atoms with Crippen molar-refractivity contribution < 1.29 is 19.0 Å². The summed E-state index contributed by atoms with van der Waals surface area (Å²) in [6.45, 7) is 10.3. The van der Waals surface area contributed by atoms with Crippen molar-refractivity contribution >= 4 is 30.8 Å². The van der Waals surface area contributed by atoms with Gasteiger partial charge in [0, 0.05) is 31.5 Å². The summed E-state index contributed by atoms with van der Waals surface area (Å²) >= 11 is 0. The van der Waals surface area contributed by atoms with Crippen molar-refractivity contribution in [3.63, 3.8) is 0 Å². The summed E-state index contributed by atoms with van der Waals surface area (Å²) in [5.41, 5.74) is 8.64. The predicted molar refractivity (Wildman–Crippen MR) is 132 cm³/mol. The van der Waals surface area contributed by atoms with Crippen molar-refractivity contribution in [1.82, 2.24) is 4.90 Å². The lowest BCUT2D eigenvalue weighted by molar-refractivity contribution is -0.160. The van der Waals surface area contributed by atoms with Gasteiger partial charge in [0.2, 0.25) is 0 Å². The Morgan fingerprint density at radius 2 is 1.75 bits per heavy atom. The van der Waals surface area contributed by atoms with Crippen molar-refractivity contribution in [2.24, 2.45) is 23.5 Å². The third-order valence-corrected chi connectivity index (χ3v) is 6.60. The number of nitrogens with zero attached hydrogens (tertiary/aromatic N) is 1. The Morgan fingerprint density at radius 1 is 1.12 bits per heavy atom. The number of hydrogen-bond donors (Lipinski definition) is 1. The molecule has 8 heteroatoms. The molecule has 0 aliphatic carbocycles. The predicted octanol–water partition coefficient (Wildman–Crippen LogP) is 4.41. The molecular formula is C24H40Cl2N2O4. The number of ether oxygens (including phenoxy) is 3. The molecule has 0 bridgehead atoms. The molecule has 32 heavy (non-hydrogen) atoms. The molecule has 0 saturated carbocycles. The van der Waals surface area contributed by atoms with Gasteiger partial charge in [0.15, 0.2) is 11.5 Å². The van der Waals surface area contributed by atoms with Crippen LogP contribution in [0.25, 0.3) is 0 Å². The van der Waals surface area contributed by atoms with E-state index in [-0.39, 0.29) is 48.8 Å². The number of piperidine rings is 1. The van der Waals surface area contributed by atoms with Crippen molar-refractivity contribution in [3.05, 3.63) is 23.3 Å². The highest BCUT2D eigenvalue weighted by molar-refractivity contribution is 5.85. The molecule has 1 aromatic carbocycles. The lowest BCUT2D eigenvalue weighted by Gasteiger charge is -2.47. The normalized spacial score (nSPS) is 23.3. The monoisotopic (exact) mass is 490 g/mol. The summed E-state index contributed by atoms with van der Waals surface area (Å²) in [5, 5.41) is 0. The van der Waals surface area contributed by atoms with E-state index in [1.165, 1.54) is 11.1 Å². The van der Waals surface area contributed by atoms with Gasteiger partial charge in [0.05, 0.1) is 14.2 Å². The Labute approximate surface area is 205 Å². The first-order valence-electron chi connectivity index (χ1n) is 11.2. The molecule has 2 aliphatic rings.